The van der Waals surface area contributed by atoms with Gasteiger partial charge in [0.2, 0.25) is 0 Å². The zero-order valence-corrected chi connectivity index (χ0v) is 9.74. The van der Waals surface area contributed by atoms with Crippen LogP contribution in [-0.2, 0) is 6.42 Å². The van der Waals surface area contributed by atoms with E-state index in [9.17, 15) is 0 Å². The van der Waals surface area contributed by atoms with E-state index in [2.05, 4.69) is 45.1 Å². The second-order valence-corrected chi connectivity index (χ2v) is 4.77. The van der Waals surface area contributed by atoms with E-state index in [4.69, 9.17) is 0 Å². The normalized spacial score (nSPS) is 11.1. The number of thiophene rings is 1. The molecule has 0 aliphatic carbocycles. The first kappa shape index (κ1) is 9.54. The molecule has 0 radical (unpaired) electrons. The summed E-state index contributed by atoms with van der Waals surface area (Å²) in [7, 11) is 0. The molecule has 0 fully saturated rings. The Morgan fingerprint density at radius 1 is 1.19 bits per heavy atom. The summed E-state index contributed by atoms with van der Waals surface area (Å²) < 4.78 is 2.11. The lowest BCUT2D eigenvalue weighted by Gasteiger charge is -2.01. The van der Waals surface area contributed by atoms with Gasteiger partial charge in [-0.15, -0.1) is 21.5 Å². The molecule has 0 N–H and O–H groups in total. The molecule has 0 spiro atoms. The summed E-state index contributed by atoms with van der Waals surface area (Å²) in [5.74, 6) is 1.01. The zero-order chi connectivity index (χ0) is 11.0. The molecule has 0 aliphatic rings. The van der Waals surface area contributed by atoms with Crippen molar-refractivity contribution in [2.45, 2.75) is 13.3 Å². The third-order valence-electron chi connectivity index (χ3n) is 2.60. The molecule has 0 saturated carbocycles. The van der Waals surface area contributed by atoms with Gasteiger partial charge in [-0.2, -0.15) is 0 Å². The minimum atomic E-state index is 0.851. The molecule has 80 valence electrons. The van der Waals surface area contributed by atoms with Crippen LogP contribution in [0.15, 0.2) is 35.7 Å². The van der Waals surface area contributed by atoms with Crippen LogP contribution in [0.25, 0.3) is 5.65 Å². The molecule has 3 heterocycles. The van der Waals surface area contributed by atoms with Crippen molar-refractivity contribution in [3.05, 3.63) is 52.1 Å². The highest BCUT2D eigenvalue weighted by Crippen LogP contribution is 2.15. The Bertz CT molecular complexity index is 610. The number of nitrogens with zero attached hydrogens (tertiary/aromatic N) is 3. The van der Waals surface area contributed by atoms with E-state index in [1.54, 1.807) is 11.3 Å². The molecular formula is C12H11N3S. The molecule has 0 unspecified atom stereocenters. The molecule has 3 aromatic heterocycles. The summed E-state index contributed by atoms with van der Waals surface area (Å²) in [6.07, 6.45) is 0.851. The van der Waals surface area contributed by atoms with E-state index in [1.165, 1.54) is 10.6 Å². The molecule has 16 heavy (non-hydrogen) atoms. The van der Waals surface area contributed by atoms with Crippen LogP contribution in [0.2, 0.25) is 0 Å². The SMILES string of the molecule is Cc1cccc2nnc(Cc3cccs3)n12. The van der Waals surface area contributed by atoms with E-state index in [-0.39, 0.29) is 0 Å². The van der Waals surface area contributed by atoms with Crippen molar-refractivity contribution < 1.29 is 0 Å². The van der Waals surface area contributed by atoms with E-state index >= 15 is 0 Å². The molecule has 3 aromatic rings. The van der Waals surface area contributed by atoms with Gasteiger partial charge in [0.15, 0.2) is 5.65 Å². The largest absolute Gasteiger partial charge is 0.283 e. The smallest absolute Gasteiger partial charge is 0.160 e. The molecule has 0 amide bonds. The van der Waals surface area contributed by atoms with Crippen molar-refractivity contribution in [2.24, 2.45) is 0 Å². The number of rotatable bonds is 2. The first-order valence-electron chi connectivity index (χ1n) is 5.16. The van der Waals surface area contributed by atoms with Crippen molar-refractivity contribution >= 4 is 17.0 Å². The summed E-state index contributed by atoms with van der Waals surface area (Å²) >= 11 is 1.75. The summed E-state index contributed by atoms with van der Waals surface area (Å²) in [6.45, 7) is 2.08. The van der Waals surface area contributed by atoms with E-state index in [0.29, 0.717) is 0 Å². The number of hydrogen-bond donors (Lipinski definition) is 0. The fourth-order valence-electron chi connectivity index (χ4n) is 1.85. The lowest BCUT2D eigenvalue weighted by Crippen LogP contribution is -1.98. The van der Waals surface area contributed by atoms with Gasteiger partial charge in [0, 0.05) is 17.0 Å². The topological polar surface area (TPSA) is 30.2 Å². The summed E-state index contributed by atoms with van der Waals surface area (Å²) in [5, 5.41) is 10.5. The zero-order valence-electron chi connectivity index (χ0n) is 8.92. The highest BCUT2D eigenvalue weighted by molar-refractivity contribution is 7.09. The van der Waals surface area contributed by atoms with E-state index < -0.39 is 0 Å². The van der Waals surface area contributed by atoms with Crippen LogP contribution in [0, 0.1) is 6.92 Å². The quantitative estimate of drug-likeness (QED) is 0.676. The lowest BCUT2D eigenvalue weighted by molar-refractivity contribution is 0.923. The van der Waals surface area contributed by atoms with Crippen molar-refractivity contribution in [1.29, 1.82) is 0 Å². The number of pyridine rings is 1. The number of aromatic nitrogens is 3. The van der Waals surface area contributed by atoms with Crippen LogP contribution in [0.1, 0.15) is 16.4 Å². The van der Waals surface area contributed by atoms with Crippen LogP contribution in [-0.4, -0.2) is 14.6 Å². The first-order chi connectivity index (χ1) is 7.84. The Morgan fingerprint density at radius 2 is 2.12 bits per heavy atom. The Kier molecular flexibility index (Phi) is 2.22. The van der Waals surface area contributed by atoms with Gasteiger partial charge in [-0.25, -0.2) is 0 Å². The molecule has 0 bridgehead atoms. The highest BCUT2D eigenvalue weighted by Gasteiger charge is 2.07. The third kappa shape index (κ3) is 1.51. The van der Waals surface area contributed by atoms with Gasteiger partial charge in [-0.3, -0.25) is 4.40 Å². The molecular weight excluding hydrogens is 218 g/mol. The summed E-state index contributed by atoms with van der Waals surface area (Å²) in [4.78, 5) is 1.32. The van der Waals surface area contributed by atoms with Gasteiger partial charge < -0.3 is 0 Å². The number of aryl methyl sites for hydroxylation is 1. The molecule has 3 rings (SSSR count). The average Bonchev–Trinajstić information content (AvgIpc) is 2.90. The Balaban J connectivity index is 2.10. The highest BCUT2D eigenvalue weighted by atomic mass is 32.1. The monoisotopic (exact) mass is 229 g/mol. The maximum Gasteiger partial charge on any atom is 0.160 e. The average molecular weight is 229 g/mol. The molecule has 0 atom stereocenters. The lowest BCUT2D eigenvalue weighted by atomic mass is 10.3. The van der Waals surface area contributed by atoms with Crippen LogP contribution >= 0.6 is 11.3 Å². The van der Waals surface area contributed by atoms with E-state index in [0.717, 1.165) is 17.9 Å². The molecule has 0 aromatic carbocycles. The maximum absolute atomic E-state index is 4.25. The second kappa shape index (κ2) is 3.72. The molecule has 3 nitrogen and oxygen atoms in total. The Labute approximate surface area is 97.4 Å². The minimum absolute atomic E-state index is 0.851. The number of hydrogen-bond acceptors (Lipinski definition) is 3. The van der Waals surface area contributed by atoms with Gasteiger partial charge in [0.25, 0.3) is 0 Å². The van der Waals surface area contributed by atoms with Crippen molar-refractivity contribution in [3.8, 4) is 0 Å². The predicted octanol–water partition coefficient (Wildman–Crippen LogP) is 2.69. The number of fused-ring (bicyclic) bond motifs is 1. The Hall–Kier alpha value is -1.68. The standard InChI is InChI=1S/C12H11N3S/c1-9-4-2-6-11-13-14-12(15(9)11)8-10-5-3-7-16-10/h2-7H,8H2,1H3. The fourth-order valence-corrected chi connectivity index (χ4v) is 2.56. The van der Waals surface area contributed by atoms with Gasteiger partial charge >= 0.3 is 0 Å². The molecule has 0 aliphatic heterocycles. The van der Waals surface area contributed by atoms with Crippen LogP contribution < -0.4 is 0 Å². The molecule has 4 heteroatoms. The van der Waals surface area contributed by atoms with Gasteiger partial charge in [-0.05, 0) is 30.5 Å². The minimum Gasteiger partial charge on any atom is -0.283 e. The van der Waals surface area contributed by atoms with E-state index in [1.807, 2.05) is 12.1 Å². The maximum atomic E-state index is 4.25. The Morgan fingerprint density at radius 3 is 2.94 bits per heavy atom. The van der Waals surface area contributed by atoms with Crippen LogP contribution in [0.4, 0.5) is 0 Å². The predicted molar refractivity (Wildman–Crippen MR) is 64.8 cm³/mol. The first-order valence-corrected chi connectivity index (χ1v) is 6.04. The van der Waals surface area contributed by atoms with Crippen molar-refractivity contribution in [3.63, 3.8) is 0 Å². The summed E-state index contributed by atoms with van der Waals surface area (Å²) in [6, 6.07) is 10.3. The van der Waals surface area contributed by atoms with Crippen LogP contribution in [0.3, 0.4) is 0 Å². The fraction of sp³-hybridized carbons (Fsp3) is 0.167. The summed E-state index contributed by atoms with van der Waals surface area (Å²) in [5.41, 5.74) is 2.10. The second-order valence-electron chi connectivity index (χ2n) is 3.73. The van der Waals surface area contributed by atoms with Crippen molar-refractivity contribution in [2.75, 3.05) is 0 Å². The van der Waals surface area contributed by atoms with Gasteiger partial charge in [-0.1, -0.05) is 12.1 Å². The van der Waals surface area contributed by atoms with Gasteiger partial charge in [0.1, 0.15) is 5.82 Å². The molecule has 0 saturated heterocycles. The van der Waals surface area contributed by atoms with Gasteiger partial charge in [0.05, 0.1) is 0 Å². The van der Waals surface area contributed by atoms with Crippen molar-refractivity contribution in [1.82, 2.24) is 14.6 Å². The third-order valence-corrected chi connectivity index (χ3v) is 3.48. The van der Waals surface area contributed by atoms with Crippen LogP contribution in [0.5, 0.6) is 0 Å².